The van der Waals surface area contributed by atoms with Gasteiger partial charge in [-0.2, -0.15) is 0 Å². The Bertz CT molecular complexity index is 1370. The SMILES string of the molecule is CCC[C@H](O)[C@@H](N=C(c1ccccc1Cl)c1cc(Cl)ccc1NC(=O)[C@@H]1CCCN1Cc1ccccc1)C(=O)O. The number of anilines is 1. The highest BCUT2D eigenvalue weighted by Gasteiger charge is 2.32. The number of carboxylic acid groups (broad SMARTS) is 1. The second-order valence-corrected chi connectivity index (χ2v) is 10.7. The fourth-order valence-corrected chi connectivity index (χ4v) is 5.40. The summed E-state index contributed by atoms with van der Waals surface area (Å²) < 4.78 is 0. The molecular weight excluding hydrogens is 549 g/mol. The number of amides is 1. The van der Waals surface area contributed by atoms with Crippen LogP contribution in [0.25, 0.3) is 0 Å². The molecule has 1 aliphatic rings. The summed E-state index contributed by atoms with van der Waals surface area (Å²) in [5.41, 5.74) is 2.65. The van der Waals surface area contributed by atoms with Crippen molar-refractivity contribution >= 4 is 46.5 Å². The Balaban J connectivity index is 1.72. The number of likely N-dealkylation sites (tertiary alicyclic amines) is 1. The number of carbonyl (C=O) groups is 2. The van der Waals surface area contributed by atoms with Crippen LogP contribution in [-0.4, -0.2) is 57.4 Å². The van der Waals surface area contributed by atoms with Crippen LogP contribution >= 0.6 is 23.2 Å². The molecule has 3 aromatic rings. The van der Waals surface area contributed by atoms with Gasteiger partial charge in [-0.15, -0.1) is 0 Å². The van der Waals surface area contributed by atoms with Gasteiger partial charge in [-0.1, -0.05) is 85.1 Å². The fraction of sp³-hybridized carbons (Fsp3) is 0.323. The molecule has 0 aromatic heterocycles. The summed E-state index contributed by atoms with van der Waals surface area (Å²) in [6.07, 6.45) is 1.26. The number of nitrogens with one attached hydrogen (secondary N) is 1. The molecule has 0 radical (unpaired) electrons. The van der Waals surface area contributed by atoms with Crippen LogP contribution in [0.5, 0.6) is 0 Å². The molecule has 1 amide bonds. The zero-order valence-corrected chi connectivity index (χ0v) is 23.8. The Morgan fingerprint density at radius 3 is 2.48 bits per heavy atom. The lowest BCUT2D eigenvalue weighted by atomic mass is 9.98. The van der Waals surface area contributed by atoms with E-state index in [1.807, 2.05) is 37.3 Å². The van der Waals surface area contributed by atoms with Crippen LogP contribution < -0.4 is 5.32 Å². The molecule has 0 unspecified atom stereocenters. The number of aliphatic hydroxyl groups is 1. The monoisotopic (exact) mass is 581 g/mol. The van der Waals surface area contributed by atoms with Crippen molar-refractivity contribution in [3.05, 3.63) is 99.5 Å². The summed E-state index contributed by atoms with van der Waals surface area (Å²) in [5, 5.41) is 24.3. The van der Waals surface area contributed by atoms with Crippen LogP contribution in [0.1, 0.15) is 49.3 Å². The number of rotatable bonds is 11. The van der Waals surface area contributed by atoms with E-state index in [0.717, 1.165) is 24.9 Å². The molecule has 3 N–H and O–H groups in total. The van der Waals surface area contributed by atoms with Crippen LogP contribution in [0.4, 0.5) is 5.69 Å². The van der Waals surface area contributed by atoms with E-state index in [9.17, 15) is 19.8 Å². The molecule has 1 saturated heterocycles. The number of nitrogens with zero attached hydrogens (tertiary/aromatic N) is 2. The first kappa shape index (κ1) is 29.7. The lowest BCUT2D eigenvalue weighted by molar-refractivity contribution is -0.141. The minimum atomic E-state index is -1.44. The predicted molar refractivity (Wildman–Crippen MR) is 159 cm³/mol. The van der Waals surface area contributed by atoms with E-state index in [-0.39, 0.29) is 24.1 Å². The van der Waals surface area contributed by atoms with E-state index < -0.39 is 18.1 Å². The molecule has 0 spiro atoms. The normalized spacial score (nSPS) is 17.4. The molecule has 0 aliphatic carbocycles. The highest BCUT2D eigenvalue weighted by molar-refractivity contribution is 6.36. The highest BCUT2D eigenvalue weighted by Crippen LogP contribution is 2.30. The smallest absolute Gasteiger partial charge is 0.331 e. The van der Waals surface area contributed by atoms with Gasteiger partial charge in [-0.05, 0) is 55.6 Å². The van der Waals surface area contributed by atoms with Crippen molar-refractivity contribution in [2.45, 2.75) is 57.3 Å². The van der Waals surface area contributed by atoms with Gasteiger partial charge < -0.3 is 15.5 Å². The first-order valence-corrected chi connectivity index (χ1v) is 14.2. The lowest BCUT2D eigenvalue weighted by Gasteiger charge is -2.25. The Kier molecular flexibility index (Phi) is 10.3. The maximum Gasteiger partial charge on any atom is 0.331 e. The maximum atomic E-state index is 13.6. The Labute approximate surface area is 244 Å². The zero-order valence-electron chi connectivity index (χ0n) is 22.3. The Morgan fingerprint density at radius 1 is 1.05 bits per heavy atom. The van der Waals surface area contributed by atoms with Crippen molar-refractivity contribution in [2.24, 2.45) is 4.99 Å². The molecule has 4 rings (SSSR count). The van der Waals surface area contributed by atoms with E-state index in [2.05, 4.69) is 15.2 Å². The molecule has 0 saturated carbocycles. The van der Waals surface area contributed by atoms with Crippen LogP contribution in [0.15, 0.2) is 77.8 Å². The van der Waals surface area contributed by atoms with Crippen molar-refractivity contribution in [2.75, 3.05) is 11.9 Å². The fourth-order valence-electron chi connectivity index (χ4n) is 5.00. The van der Waals surface area contributed by atoms with E-state index in [1.165, 1.54) is 0 Å². The van der Waals surface area contributed by atoms with Crippen LogP contribution in [0, 0.1) is 0 Å². The number of aliphatic hydroxyl groups excluding tert-OH is 1. The number of carboxylic acids is 1. The summed E-state index contributed by atoms with van der Waals surface area (Å²) in [6, 6.07) is 20.1. The van der Waals surface area contributed by atoms with Crippen molar-refractivity contribution in [3.8, 4) is 0 Å². The Morgan fingerprint density at radius 2 is 1.77 bits per heavy atom. The first-order chi connectivity index (χ1) is 19.3. The van der Waals surface area contributed by atoms with Gasteiger partial charge in [0.25, 0.3) is 0 Å². The zero-order chi connectivity index (χ0) is 28.6. The van der Waals surface area contributed by atoms with Crippen molar-refractivity contribution in [1.82, 2.24) is 4.90 Å². The standard InChI is InChI=1S/C31H33Cl2N3O4/c1-2-9-27(37)29(31(39)40)35-28(22-12-6-7-13-24(22)33)23-18-21(32)15-16-25(23)34-30(38)26-14-8-17-36(26)19-20-10-4-3-5-11-20/h3-7,10-13,15-16,18,26-27,29,37H,2,8-9,14,17,19H2,1H3,(H,34,38)(H,39,40)/t26-,27-,29+/m0/s1. The molecule has 9 heteroatoms. The number of hydrogen-bond donors (Lipinski definition) is 3. The second-order valence-electron chi connectivity index (χ2n) is 9.89. The van der Waals surface area contributed by atoms with Gasteiger partial charge in [0.2, 0.25) is 5.91 Å². The molecule has 1 aliphatic heterocycles. The molecule has 3 aromatic carbocycles. The number of aliphatic imine (C=N–C) groups is 1. The molecular formula is C31H33Cl2N3O4. The van der Waals surface area contributed by atoms with Crippen molar-refractivity contribution in [3.63, 3.8) is 0 Å². The molecule has 7 nitrogen and oxygen atoms in total. The third-order valence-electron chi connectivity index (χ3n) is 6.99. The summed E-state index contributed by atoms with van der Waals surface area (Å²) in [5.74, 6) is -1.43. The molecule has 1 heterocycles. The van der Waals surface area contributed by atoms with Crippen molar-refractivity contribution in [1.29, 1.82) is 0 Å². The van der Waals surface area contributed by atoms with Crippen LogP contribution in [-0.2, 0) is 16.1 Å². The first-order valence-electron chi connectivity index (χ1n) is 13.4. The number of benzene rings is 3. The van der Waals surface area contributed by atoms with E-state index in [4.69, 9.17) is 23.2 Å². The summed E-state index contributed by atoms with van der Waals surface area (Å²) >= 11 is 13.0. The summed E-state index contributed by atoms with van der Waals surface area (Å²) in [4.78, 5) is 32.5. The number of carbonyl (C=O) groups excluding carboxylic acids is 1. The van der Waals surface area contributed by atoms with E-state index >= 15 is 0 Å². The van der Waals surface area contributed by atoms with Gasteiger partial charge >= 0.3 is 5.97 Å². The van der Waals surface area contributed by atoms with Gasteiger partial charge in [0.05, 0.1) is 23.5 Å². The molecule has 1 fully saturated rings. The lowest BCUT2D eigenvalue weighted by Crippen LogP contribution is -2.39. The minimum Gasteiger partial charge on any atom is -0.480 e. The van der Waals surface area contributed by atoms with Gasteiger partial charge in [-0.3, -0.25) is 14.7 Å². The minimum absolute atomic E-state index is 0.170. The van der Waals surface area contributed by atoms with E-state index in [1.54, 1.807) is 42.5 Å². The third-order valence-corrected chi connectivity index (χ3v) is 7.55. The van der Waals surface area contributed by atoms with Gasteiger partial charge in [0, 0.05) is 27.7 Å². The van der Waals surface area contributed by atoms with Crippen molar-refractivity contribution < 1.29 is 19.8 Å². The molecule has 3 atom stereocenters. The maximum absolute atomic E-state index is 13.6. The molecule has 210 valence electrons. The number of halogens is 2. The highest BCUT2D eigenvalue weighted by atomic mass is 35.5. The van der Waals surface area contributed by atoms with Crippen LogP contribution in [0.2, 0.25) is 10.0 Å². The third kappa shape index (κ3) is 7.29. The number of hydrogen-bond acceptors (Lipinski definition) is 5. The quantitative estimate of drug-likeness (QED) is 0.239. The Hall–Kier alpha value is -3.23. The molecule has 0 bridgehead atoms. The number of aliphatic carboxylic acids is 1. The largest absolute Gasteiger partial charge is 0.480 e. The second kappa shape index (κ2) is 13.9. The summed E-state index contributed by atoms with van der Waals surface area (Å²) in [7, 11) is 0. The van der Waals surface area contributed by atoms with Gasteiger partial charge in [0.1, 0.15) is 0 Å². The molecule has 40 heavy (non-hydrogen) atoms. The summed E-state index contributed by atoms with van der Waals surface area (Å²) in [6.45, 7) is 3.33. The van der Waals surface area contributed by atoms with Gasteiger partial charge in [0.15, 0.2) is 6.04 Å². The van der Waals surface area contributed by atoms with Crippen LogP contribution in [0.3, 0.4) is 0 Å². The average molecular weight is 583 g/mol. The van der Waals surface area contributed by atoms with Gasteiger partial charge in [-0.25, -0.2) is 4.79 Å². The predicted octanol–water partition coefficient (Wildman–Crippen LogP) is 6.05. The van der Waals surface area contributed by atoms with E-state index in [0.29, 0.717) is 39.8 Å². The average Bonchev–Trinajstić information content (AvgIpc) is 3.40. The topological polar surface area (TPSA) is 102 Å².